The highest BCUT2D eigenvalue weighted by molar-refractivity contribution is 7.88. The van der Waals surface area contributed by atoms with Crippen LogP contribution in [-0.4, -0.2) is 38.3 Å². The van der Waals surface area contributed by atoms with E-state index in [0.717, 1.165) is 11.3 Å². The van der Waals surface area contributed by atoms with E-state index in [4.69, 9.17) is 27.9 Å². The highest BCUT2D eigenvalue weighted by Crippen LogP contribution is 2.29. The minimum atomic E-state index is -3.58. The van der Waals surface area contributed by atoms with E-state index >= 15 is 0 Å². The van der Waals surface area contributed by atoms with Gasteiger partial charge in [0.1, 0.15) is 5.75 Å². The zero-order chi connectivity index (χ0) is 23.3. The first-order valence-electron chi connectivity index (χ1n) is 10.6. The number of carbonyl (C=O) groups excluding carboxylic acids is 1. The second kappa shape index (κ2) is 10.9. The molecular formula is C23H28Cl2N2O4S. The summed E-state index contributed by atoms with van der Waals surface area (Å²) in [5.74, 6) is 0.256. The molecule has 1 heterocycles. The van der Waals surface area contributed by atoms with Gasteiger partial charge >= 0.3 is 0 Å². The van der Waals surface area contributed by atoms with Gasteiger partial charge in [-0.05, 0) is 56.5 Å². The number of amides is 1. The average Bonchev–Trinajstić information content (AvgIpc) is 2.77. The minimum absolute atomic E-state index is 0.0578. The molecule has 1 N–H and O–H groups in total. The topological polar surface area (TPSA) is 75.7 Å². The number of nitrogens with zero attached hydrogens (tertiary/aromatic N) is 1. The Labute approximate surface area is 199 Å². The number of benzene rings is 2. The van der Waals surface area contributed by atoms with Crippen molar-refractivity contribution in [1.29, 1.82) is 0 Å². The Morgan fingerprint density at radius 2 is 1.72 bits per heavy atom. The summed E-state index contributed by atoms with van der Waals surface area (Å²) in [5, 5.41) is 3.71. The van der Waals surface area contributed by atoms with Crippen molar-refractivity contribution in [2.45, 2.75) is 38.5 Å². The summed E-state index contributed by atoms with van der Waals surface area (Å²) in [4.78, 5) is 12.7. The van der Waals surface area contributed by atoms with E-state index < -0.39 is 10.0 Å². The third kappa shape index (κ3) is 6.16. The van der Waals surface area contributed by atoms with Gasteiger partial charge in [-0.15, -0.1) is 0 Å². The van der Waals surface area contributed by atoms with E-state index in [0.29, 0.717) is 48.1 Å². The van der Waals surface area contributed by atoms with Crippen LogP contribution < -0.4 is 10.1 Å². The second-order valence-electron chi connectivity index (χ2n) is 7.86. The fourth-order valence-corrected chi connectivity index (χ4v) is 6.09. The largest absolute Gasteiger partial charge is 0.494 e. The molecule has 0 unspecified atom stereocenters. The Kier molecular flexibility index (Phi) is 8.44. The number of hydrogen-bond acceptors (Lipinski definition) is 4. The molecule has 32 heavy (non-hydrogen) atoms. The van der Waals surface area contributed by atoms with Gasteiger partial charge in [-0.1, -0.05) is 41.4 Å². The molecule has 3 rings (SSSR count). The third-order valence-electron chi connectivity index (χ3n) is 5.66. The smallest absolute Gasteiger partial charge is 0.223 e. The number of hydrogen-bond donors (Lipinski definition) is 1. The Morgan fingerprint density at radius 1 is 1.12 bits per heavy atom. The van der Waals surface area contributed by atoms with Gasteiger partial charge in [-0.25, -0.2) is 12.7 Å². The van der Waals surface area contributed by atoms with Crippen molar-refractivity contribution in [3.63, 3.8) is 0 Å². The van der Waals surface area contributed by atoms with Crippen LogP contribution in [-0.2, 0) is 20.6 Å². The van der Waals surface area contributed by atoms with Crippen LogP contribution in [0.3, 0.4) is 0 Å². The van der Waals surface area contributed by atoms with Crippen LogP contribution in [0, 0.1) is 5.92 Å². The number of rotatable bonds is 8. The molecule has 1 aliphatic heterocycles. The van der Waals surface area contributed by atoms with Crippen LogP contribution in [0.5, 0.6) is 5.75 Å². The predicted octanol–water partition coefficient (Wildman–Crippen LogP) is 4.81. The van der Waals surface area contributed by atoms with Crippen molar-refractivity contribution in [3.8, 4) is 5.75 Å². The van der Waals surface area contributed by atoms with Crippen molar-refractivity contribution in [2.24, 2.45) is 5.92 Å². The lowest BCUT2D eigenvalue weighted by Crippen LogP contribution is -2.43. The van der Waals surface area contributed by atoms with Crippen LogP contribution in [0.1, 0.15) is 43.9 Å². The fraction of sp³-hybridized carbons (Fsp3) is 0.435. The lowest BCUT2D eigenvalue weighted by Gasteiger charge is -2.31. The quantitative estimate of drug-likeness (QED) is 0.566. The van der Waals surface area contributed by atoms with Gasteiger partial charge in [0.15, 0.2) is 0 Å². The number of ether oxygens (including phenoxy) is 1. The number of piperidine rings is 1. The van der Waals surface area contributed by atoms with Gasteiger partial charge in [0.25, 0.3) is 0 Å². The first-order chi connectivity index (χ1) is 15.2. The van der Waals surface area contributed by atoms with E-state index in [1.54, 1.807) is 18.2 Å². The number of sulfonamides is 1. The molecule has 0 aliphatic carbocycles. The lowest BCUT2D eigenvalue weighted by molar-refractivity contribution is -0.126. The molecule has 1 atom stereocenters. The molecule has 1 saturated heterocycles. The van der Waals surface area contributed by atoms with Crippen LogP contribution >= 0.6 is 23.2 Å². The van der Waals surface area contributed by atoms with Crippen molar-refractivity contribution < 1.29 is 17.9 Å². The Morgan fingerprint density at radius 3 is 2.28 bits per heavy atom. The molecule has 1 fully saturated rings. The van der Waals surface area contributed by atoms with Gasteiger partial charge in [-0.3, -0.25) is 4.79 Å². The van der Waals surface area contributed by atoms with Gasteiger partial charge in [0.2, 0.25) is 15.9 Å². The molecule has 0 saturated carbocycles. The summed E-state index contributed by atoms with van der Waals surface area (Å²) in [6.07, 6.45) is 0.939. The van der Waals surface area contributed by atoms with E-state index in [9.17, 15) is 13.2 Å². The van der Waals surface area contributed by atoms with Gasteiger partial charge in [0, 0.05) is 34.6 Å². The molecule has 0 aromatic heterocycles. The molecule has 1 amide bonds. The monoisotopic (exact) mass is 498 g/mol. The lowest BCUT2D eigenvalue weighted by atomic mass is 9.96. The van der Waals surface area contributed by atoms with Crippen molar-refractivity contribution >= 4 is 39.1 Å². The molecule has 2 aromatic rings. The third-order valence-corrected chi connectivity index (χ3v) is 8.17. The maximum atomic E-state index is 12.9. The maximum absolute atomic E-state index is 12.9. The minimum Gasteiger partial charge on any atom is -0.494 e. The van der Waals surface area contributed by atoms with Crippen LogP contribution in [0.25, 0.3) is 0 Å². The highest BCUT2D eigenvalue weighted by atomic mass is 35.5. The molecular weight excluding hydrogens is 471 g/mol. The number of halogens is 2. The van der Waals surface area contributed by atoms with Gasteiger partial charge in [-0.2, -0.15) is 0 Å². The van der Waals surface area contributed by atoms with E-state index in [-0.39, 0.29) is 23.6 Å². The Balaban J connectivity index is 1.54. The second-order valence-corrected chi connectivity index (χ2v) is 10.6. The summed E-state index contributed by atoms with van der Waals surface area (Å²) in [5.41, 5.74) is 1.39. The zero-order valence-corrected chi connectivity index (χ0v) is 20.5. The molecule has 0 spiro atoms. The summed E-state index contributed by atoms with van der Waals surface area (Å²) in [6.45, 7) is 5.05. The molecule has 0 bridgehead atoms. The summed E-state index contributed by atoms with van der Waals surface area (Å²) >= 11 is 12.3. The molecule has 0 radical (unpaired) electrons. The van der Waals surface area contributed by atoms with Crippen molar-refractivity contribution in [3.05, 3.63) is 63.6 Å². The number of carbonyl (C=O) groups is 1. The molecule has 174 valence electrons. The van der Waals surface area contributed by atoms with Gasteiger partial charge < -0.3 is 10.1 Å². The maximum Gasteiger partial charge on any atom is 0.223 e. The Bertz CT molecular complexity index is 1020. The van der Waals surface area contributed by atoms with Crippen LogP contribution in [0.4, 0.5) is 0 Å². The van der Waals surface area contributed by atoms with E-state index in [1.807, 2.05) is 38.1 Å². The summed E-state index contributed by atoms with van der Waals surface area (Å²) in [7, 11) is -3.58. The SMILES string of the molecule is CCOc1ccc([C@@H](C)NC(=O)C2CCN(S(=O)(=O)Cc3c(Cl)cccc3Cl)CC2)cc1. The van der Waals surface area contributed by atoms with Crippen LogP contribution in [0.15, 0.2) is 42.5 Å². The molecule has 1 aliphatic rings. The van der Waals surface area contributed by atoms with Crippen LogP contribution in [0.2, 0.25) is 10.0 Å². The molecule has 6 nitrogen and oxygen atoms in total. The fourth-order valence-electron chi connectivity index (χ4n) is 3.77. The number of nitrogens with one attached hydrogen (secondary N) is 1. The average molecular weight is 499 g/mol. The highest BCUT2D eigenvalue weighted by Gasteiger charge is 2.32. The molecule has 2 aromatic carbocycles. The first kappa shape index (κ1) is 24.8. The van der Waals surface area contributed by atoms with Crippen molar-refractivity contribution in [1.82, 2.24) is 9.62 Å². The standard InChI is InChI=1S/C23H28Cl2N2O4S/c1-3-31-19-9-7-17(8-10-19)16(2)26-23(28)18-11-13-27(14-12-18)32(29,30)15-20-21(24)5-4-6-22(20)25/h4-10,16,18H,3,11-15H2,1-2H3,(H,26,28)/t16-/m1/s1. The molecule has 9 heteroatoms. The van der Waals surface area contributed by atoms with Crippen molar-refractivity contribution in [2.75, 3.05) is 19.7 Å². The van der Waals surface area contributed by atoms with Gasteiger partial charge in [0.05, 0.1) is 18.4 Å². The van der Waals surface area contributed by atoms with E-state index in [1.165, 1.54) is 4.31 Å². The Hall–Kier alpha value is -1.80. The first-order valence-corrected chi connectivity index (χ1v) is 13.0. The summed E-state index contributed by atoms with van der Waals surface area (Å²) < 4.78 is 32.6. The predicted molar refractivity (Wildman–Crippen MR) is 128 cm³/mol. The zero-order valence-electron chi connectivity index (χ0n) is 18.2. The van der Waals surface area contributed by atoms with E-state index in [2.05, 4.69) is 5.32 Å². The summed E-state index contributed by atoms with van der Waals surface area (Å²) in [6, 6.07) is 12.4. The normalized spacial score (nSPS) is 16.5.